The maximum absolute atomic E-state index is 13.9. The summed E-state index contributed by atoms with van der Waals surface area (Å²) >= 11 is 0. The Hall–Kier alpha value is -7.35. The number of hydrogen-bond acceptors (Lipinski definition) is 18. The molecular formula is C46H77N11O20. The normalized spacial score (nSPS) is 14.1. The van der Waals surface area contributed by atoms with E-state index >= 15 is 0 Å². The number of amides is 11. The van der Waals surface area contributed by atoms with Crippen molar-refractivity contribution in [2.45, 2.75) is 172 Å². The van der Waals surface area contributed by atoms with E-state index in [9.17, 15) is 98.3 Å². The van der Waals surface area contributed by atoms with E-state index in [1.165, 1.54) is 0 Å². The van der Waals surface area contributed by atoms with Crippen LogP contribution in [-0.2, 0) is 62.3 Å². The minimum atomic E-state index is -2.56. The predicted octanol–water partition coefficient (Wildman–Crippen LogP) is -4.84. The highest BCUT2D eigenvalue weighted by molar-refractivity contribution is 5.98. The third kappa shape index (κ3) is 29.5. The second-order valence-corrected chi connectivity index (χ2v) is 17.7. The van der Waals surface area contributed by atoms with Crippen molar-refractivity contribution in [3.8, 4) is 0 Å². The number of carbonyl (C=O) groups is 13. The van der Waals surface area contributed by atoms with Crippen LogP contribution in [0.1, 0.15) is 124 Å². The molecule has 0 aromatic rings. The largest absolute Gasteiger partial charge is 0.480 e. The molecule has 31 nitrogen and oxygen atoms in total. The number of carbonyl (C=O) groups excluding carboxylic acids is 11. The van der Waals surface area contributed by atoms with E-state index in [1.807, 2.05) is 12.2 Å². The Morgan fingerprint density at radius 3 is 1.23 bits per heavy atom. The number of rotatable bonds is 41. The molecule has 0 rings (SSSR count). The Morgan fingerprint density at radius 2 is 0.844 bits per heavy atom. The molecule has 1 unspecified atom stereocenters. The van der Waals surface area contributed by atoms with Crippen molar-refractivity contribution in [1.29, 1.82) is 0 Å². The van der Waals surface area contributed by atoms with E-state index in [0.717, 1.165) is 46.0 Å². The highest BCUT2D eigenvalue weighted by atomic mass is 16.5. The van der Waals surface area contributed by atoms with E-state index in [1.54, 1.807) is 0 Å². The van der Waals surface area contributed by atoms with Crippen molar-refractivity contribution in [2.24, 2.45) is 11.5 Å². The second-order valence-electron chi connectivity index (χ2n) is 17.7. The van der Waals surface area contributed by atoms with Gasteiger partial charge in [-0.15, -0.1) is 0 Å². The summed E-state index contributed by atoms with van der Waals surface area (Å²) in [6.45, 7) is 0.990. The minimum Gasteiger partial charge on any atom is -0.480 e. The van der Waals surface area contributed by atoms with Gasteiger partial charge in [0.25, 0.3) is 0 Å². The highest BCUT2D eigenvalue weighted by Gasteiger charge is 2.37. The lowest BCUT2D eigenvalue weighted by atomic mass is 10.1. The molecule has 0 aliphatic carbocycles. The van der Waals surface area contributed by atoms with Crippen LogP contribution < -0.4 is 48.7 Å². The molecule has 0 spiro atoms. The van der Waals surface area contributed by atoms with Crippen LogP contribution in [0.2, 0.25) is 0 Å². The van der Waals surface area contributed by atoms with Crippen molar-refractivity contribution in [2.75, 3.05) is 26.3 Å². The highest BCUT2D eigenvalue weighted by Crippen LogP contribution is 2.09. The average Bonchev–Trinajstić information content (AvgIpc) is 3.36. The molecule has 0 heterocycles. The number of aliphatic hydroxyl groups excluding tert-OH is 3. The lowest BCUT2D eigenvalue weighted by molar-refractivity contribution is -0.163. The van der Waals surface area contributed by atoms with Crippen molar-refractivity contribution in [3.63, 3.8) is 0 Å². The number of aliphatic hydroxyl groups is 3. The molecule has 0 radical (unpaired) electrons. The van der Waals surface area contributed by atoms with Gasteiger partial charge < -0.3 is 74.2 Å². The standard InChI is InChI=1S/C46H77N11O20/c1-4-5-6-7-8-9-10-11-12-17-36(64)55-37(38(65)46(74)75)44(71)51-30(19-21-35(48)63)41(68)54-32(24-58)42(69)50-29(18-20-34(47)62)40(67)49-28(15-13-22-56(76)26(2)60)39(66)53-33(25-59)43(70)52-31(45(72)73)16-14-23-57(77)27(3)61/h9-10,28-33,37-38,58-59,65,76-77H,4-8,11-25H2,1-3H3,(H2,47,62)(H2,48,63)(H,49,67)(H,50,69)(H,51,71)(H,52,70)(H,53,66)(H,54,68)(H,55,64)(H,72,73)(H,74,75)/b10-9-/t28-,29-,30-,31-,32-,33-,37-,38?/m0/s1. The van der Waals surface area contributed by atoms with Gasteiger partial charge in [0.05, 0.1) is 13.2 Å². The quantitative estimate of drug-likeness (QED) is 0.0118. The van der Waals surface area contributed by atoms with Gasteiger partial charge in [0.1, 0.15) is 42.3 Å². The van der Waals surface area contributed by atoms with Gasteiger partial charge in [0.15, 0.2) is 6.10 Å². The van der Waals surface area contributed by atoms with E-state index in [-0.39, 0.29) is 43.7 Å². The Kier molecular flexibility index (Phi) is 34.6. The van der Waals surface area contributed by atoms with Crippen LogP contribution in [0.15, 0.2) is 12.2 Å². The number of unbranched alkanes of at least 4 members (excludes halogenated alkanes) is 5. The summed E-state index contributed by atoms with van der Waals surface area (Å²) in [7, 11) is 0. The minimum absolute atomic E-state index is 0.128. The summed E-state index contributed by atoms with van der Waals surface area (Å²) in [6.07, 6.45) is 3.22. The first-order valence-corrected chi connectivity index (χ1v) is 24.8. The monoisotopic (exact) mass is 1100 g/mol. The fourth-order valence-electron chi connectivity index (χ4n) is 6.83. The molecule has 31 heteroatoms. The first-order valence-electron chi connectivity index (χ1n) is 24.8. The molecule has 0 aromatic heterocycles. The molecule has 18 N–H and O–H groups in total. The van der Waals surface area contributed by atoms with Crippen LogP contribution in [0.25, 0.3) is 0 Å². The first-order chi connectivity index (χ1) is 36.2. The Morgan fingerprint density at radius 1 is 0.468 bits per heavy atom. The van der Waals surface area contributed by atoms with Crippen LogP contribution in [0.3, 0.4) is 0 Å². The zero-order valence-electron chi connectivity index (χ0n) is 43.4. The lowest BCUT2D eigenvalue weighted by Gasteiger charge is -2.27. The summed E-state index contributed by atoms with van der Waals surface area (Å²) < 4.78 is 0. The number of hydrogen-bond donors (Lipinski definition) is 16. The number of hydroxylamine groups is 4. The molecule has 0 aromatic carbocycles. The van der Waals surface area contributed by atoms with Crippen LogP contribution in [0, 0.1) is 0 Å². The Balaban J connectivity index is 6.49. The SMILES string of the molecule is CCCCCC/C=C\CCCC(=O)N[C@H](C(=O)N[C@@H](CCC(N)=O)C(=O)N[C@@H](CO)C(=O)N[C@@H](CCC(N)=O)C(=O)N[C@@H](CCCN(O)C(C)=O)C(=O)N[C@@H](CO)C(=O)N[C@@H](CCCN(O)C(C)=O)C(=O)O)C(O)C(=O)O. The molecule has 0 aliphatic heterocycles. The summed E-state index contributed by atoms with van der Waals surface area (Å²) in [5.74, 6) is -15.8. The second kappa shape index (κ2) is 38.2. The molecule has 0 saturated heterocycles. The van der Waals surface area contributed by atoms with E-state index in [0.29, 0.717) is 11.5 Å². The molecule has 0 fully saturated rings. The zero-order chi connectivity index (χ0) is 58.8. The number of aliphatic carboxylic acids is 2. The summed E-state index contributed by atoms with van der Waals surface area (Å²) in [5, 5.41) is 84.8. The third-order valence-corrected chi connectivity index (χ3v) is 11.3. The van der Waals surface area contributed by atoms with Crippen LogP contribution in [-0.4, -0.2) is 198 Å². The number of nitrogens with zero attached hydrogens (tertiary/aromatic N) is 2. The Bertz CT molecular complexity index is 2040. The molecular weight excluding hydrogens is 1030 g/mol. The molecule has 0 bridgehead atoms. The first kappa shape index (κ1) is 69.7. The van der Waals surface area contributed by atoms with Gasteiger partial charge in [0, 0.05) is 46.2 Å². The average molecular weight is 1100 g/mol. The number of carboxylic acids is 2. The third-order valence-electron chi connectivity index (χ3n) is 11.3. The number of nitrogens with one attached hydrogen (secondary N) is 7. The van der Waals surface area contributed by atoms with Crippen molar-refractivity contribution in [3.05, 3.63) is 12.2 Å². The smallest absolute Gasteiger partial charge is 0.335 e. The lowest BCUT2D eigenvalue weighted by Crippen LogP contribution is -2.62. The summed E-state index contributed by atoms with van der Waals surface area (Å²) in [5.41, 5.74) is 10.5. The van der Waals surface area contributed by atoms with Crippen LogP contribution in [0.4, 0.5) is 0 Å². The number of allylic oxidation sites excluding steroid dienone is 2. The molecule has 8 atom stereocenters. The van der Waals surface area contributed by atoms with E-state index in [2.05, 4.69) is 44.1 Å². The number of primary amides is 2. The van der Waals surface area contributed by atoms with Gasteiger partial charge in [-0.05, 0) is 64.2 Å². The van der Waals surface area contributed by atoms with Gasteiger partial charge in [-0.2, -0.15) is 0 Å². The topological polar surface area (TPSA) is 506 Å². The van der Waals surface area contributed by atoms with Crippen molar-refractivity contribution >= 4 is 76.9 Å². The number of carboxylic acid groups (broad SMARTS) is 2. The maximum atomic E-state index is 13.9. The van der Waals surface area contributed by atoms with Gasteiger partial charge in [-0.25, -0.2) is 19.7 Å². The van der Waals surface area contributed by atoms with Gasteiger partial charge in [-0.3, -0.25) is 63.2 Å². The van der Waals surface area contributed by atoms with Gasteiger partial charge in [-0.1, -0.05) is 38.3 Å². The Labute approximate surface area is 443 Å². The van der Waals surface area contributed by atoms with Crippen LogP contribution >= 0.6 is 0 Å². The molecule has 0 saturated carbocycles. The van der Waals surface area contributed by atoms with Crippen LogP contribution in [0.5, 0.6) is 0 Å². The summed E-state index contributed by atoms with van der Waals surface area (Å²) in [4.78, 5) is 164. The van der Waals surface area contributed by atoms with Gasteiger partial charge >= 0.3 is 11.9 Å². The zero-order valence-corrected chi connectivity index (χ0v) is 43.4. The summed E-state index contributed by atoms with van der Waals surface area (Å²) in [6, 6.07) is -13.3. The van der Waals surface area contributed by atoms with E-state index < -0.39 is 177 Å². The molecule has 0 aliphatic rings. The maximum Gasteiger partial charge on any atom is 0.335 e. The molecule has 436 valence electrons. The fraction of sp³-hybridized carbons (Fsp3) is 0.674. The van der Waals surface area contributed by atoms with Crippen molar-refractivity contribution < 1.29 is 98.3 Å². The molecule has 11 amide bonds. The fourth-order valence-corrected chi connectivity index (χ4v) is 6.83. The van der Waals surface area contributed by atoms with E-state index in [4.69, 9.17) is 11.5 Å². The predicted molar refractivity (Wildman–Crippen MR) is 264 cm³/mol. The number of nitrogens with two attached hydrogens (primary N) is 2. The molecule has 77 heavy (non-hydrogen) atoms. The van der Waals surface area contributed by atoms with Gasteiger partial charge in [0.2, 0.25) is 65.0 Å². The van der Waals surface area contributed by atoms with Crippen molar-refractivity contribution in [1.82, 2.24) is 47.3 Å².